The van der Waals surface area contributed by atoms with Gasteiger partial charge in [0.15, 0.2) is 5.16 Å². The fourth-order valence-electron chi connectivity index (χ4n) is 0.471. The van der Waals surface area contributed by atoms with Crippen LogP contribution in [0.4, 0.5) is 0 Å². The first-order valence-corrected chi connectivity index (χ1v) is 4.85. The zero-order valence-electron chi connectivity index (χ0n) is 5.49. The van der Waals surface area contributed by atoms with E-state index in [4.69, 9.17) is 5.73 Å². The fourth-order valence-corrected chi connectivity index (χ4v) is 1.83. The number of hydrogen-bond acceptors (Lipinski definition) is 5. The second kappa shape index (κ2) is 4.65. The summed E-state index contributed by atoms with van der Waals surface area (Å²) in [6, 6.07) is 0. The van der Waals surface area contributed by atoms with E-state index in [2.05, 4.69) is 9.36 Å². The maximum atomic E-state index is 5.32. The third-order valence-electron chi connectivity index (χ3n) is 0.921. The molecule has 1 heterocycles. The summed E-state index contributed by atoms with van der Waals surface area (Å²) in [6.07, 6.45) is 1.03. The van der Waals surface area contributed by atoms with Crippen molar-refractivity contribution in [1.82, 2.24) is 9.36 Å². The van der Waals surface area contributed by atoms with E-state index in [0.717, 1.165) is 23.9 Å². The highest BCUT2D eigenvalue weighted by Crippen LogP contribution is 2.13. The molecule has 0 bridgehead atoms. The van der Waals surface area contributed by atoms with Gasteiger partial charge in [-0.05, 0) is 24.5 Å². The SMILES string of the molecule is NCCCSc1ncsn1. The summed E-state index contributed by atoms with van der Waals surface area (Å²) in [6.45, 7) is 0.747. The summed E-state index contributed by atoms with van der Waals surface area (Å²) < 4.78 is 4.04. The molecule has 0 fully saturated rings. The molecule has 0 amide bonds. The van der Waals surface area contributed by atoms with Crippen molar-refractivity contribution in [1.29, 1.82) is 0 Å². The Morgan fingerprint density at radius 1 is 1.70 bits per heavy atom. The minimum atomic E-state index is 0.747. The van der Waals surface area contributed by atoms with E-state index in [9.17, 15) is 0 Å². The Morgan fingerprint density at radius 2 is 2.60 bits per heavy atom. The van der Waals surface area contributed by atoms with Crippen LogP contribution in [0.25, 0.3) is 0 Å². The predicted octanol–water partition coefficient (Wildman–Crippen LogP) is 0.979. The molecule has 0 radical (unpaired) electrons. The van der Waals surface area contributed by atoms with Gasteiger partial charge in [-0.15, -0.1) is 0 Å². The topological polar surface area (TPSA) is 51.8 Å². The van der Waals surface area contributed by atoms with Gasteiger partial charge in [-0.2, -0.15) is 4.37 Å². The average molecular weight is 175 g/mol. The molecule has 3 nitrogen and oxygen atoms in total. The Balaban J connectivity index is 2.15. The molecule has 0 saturated carbocycles. The van der Waals surface area contributed by atoms with Gasteiger partial charge in [-0.25, -0.2) is 4.98 Å². The smallest absolute Gasteiger partial charge is 0.200 e. The highest BCUT2D eigenvalue weighted by atomic mass is 32.2. The van der Waals surface area contributed by atoms with Gasteiger partial charge in [0.25, 0.3) is 0 Å². The van der Waals surface area contributed by atoms with E-state index >= 15 is 0 Å². The first kappa shape index (κ1) is 7.97. The second-order valence-corrected chi connectivity index (χ2v) is 3.37. The van der Waals surface area contributed by atoms with Crippen LogP contribution in [0.2, 0.25) is 0 Å². The third kappa shape index (κ3) is 2.64. The molecule has 1 aromatic rings. The zero-order valence-corrected chi connectivity index (χ0v) is 7.12. The number of thioether (sulfide) groups is 1. The monoisotopic (exact) mass is 175 g/mol. The summed E-state index contributed by atoms with van der Waals surface area (Å²) in [5.41, 5.74) is 7.06. The molecule has 1 rings (SSSR count). The fraction of sp³-hybridized carbons (Fsp3) is 0.600. The second-order valence-electron chi connectivity index (χ2n) is 1.70. The largest absolute Gasteiger partial charge is 0.330 e. The Labute approximate surface area is 68.2 Å². The van der Waals surface area contributed by atoms with Gasteiger partial charge in [0.1, 0.15) is 5.51 Å². The number of aromatic nitrogens is 2. The summed E-state index contributed by atoms with van der Waals surface area (Å²) >= 11 is 3.04. The minimum Gasteiger partial charge on any atom is -0.330 e. The van der Waals surface area contributed by atoms with Crippen LogP contribution in [-0.4, -0.2) is 21.7 Å². The number of nitrogens with two attached hydrogens (primary N) is 1. The van der Waals surface area contributed by atoms with Crippen molar-refractivity contribution in [3.8, 4) is 0 Å². The van der Waals surface area contributed by atoms with Gasteiger partial charge < -0.3 is 5.73 Å². The van der Waals surface area contributed by atoms with E-state index in [-0.39, 0.29) is 0 Å². The molecule has 0 saturated heterocycles. The van der Waals surface area contributed by atoms with E-state index in [0.29, 0.717) is 0 Å². The maximum absolute atomic E-state index is 5.32. The Hall–Kier alpha value is -0.130. The molecule has 0 aliphatic carbocycles. The van der Waals surface area contributed by atoms with Crippen molar-refractivity contribution in [2.75, 3.05) is 12.3 Å². The van der Waals surface area contributed by atoms with Gasteiger partial charge in [-0.1, -0.05) is 11.8 Å². The number of hydrogen-bond donors (Lipinski definition) is 1. The molecular weight excluding hydrogens is 166 g/mol. The highest BCUT2D eigenvalue weighted by molar-refractivity contribution is 7.99. The van der Waals surface area contributed by atoms with Crippen molar-refractivity contribution < 1.29 is 0 Å². The first-order valence-electron chi connectivity index (χ1n) is 3.02. The quantitative estimate of drug-likeness (QED) is 0.547. The van der Waals surface area contributed by atoms with E-state index in [1.807, 2.05) is 0 Å². The van der Waals surface area contributed by atoms with Crippen LogP contribution in [0.15, 0.2) is 10.7 Å². The molecule has 0 aromatic carbocycles. The Morgan fingerprint density at radius 3 is 3.20 bits per heavy atom. The normalized spacial score (nSPS) is 10.1. The average Bonchev–Trinajstić information content (AvgIpc) is 2.41. The summed E-state index contributed by atoms with van der Waals surface area (Å²) in [4.78, 5) is 4.02. The van der Waals surface area contributed by atoms with Crippen molar-refractivity contribution in [2.24, 2.45) is 5.73 Å². The summed E-state index contributed by atoms with van der Waals surface area (Å²) in [5.74, 6) is 1.02. The van der Waals surface area contributed by atoms with Crippen LogP contribution >= 0.6 is 23.3 Å². The lowest BCUT2D eigenvalue weighted by Crippen LogP contribution is -1.99. The molecule has 0 unspecified atom stereocenters. The van der Waals surface area contributed by atoms with E-state index in [1.54, 1.807) is 17.3 Å². The molecule has 10 heavy (non-hydrogen) atoms. The van der Waals surface area contributed by atoms with Gasteiger partial charge in [-0.3, -0.25) is 0 Å². The molecule has 1 aromatic heterocycles. The molecule has 5 heteroatoms. The van der Waals surface area contributed by atoms with Gasteiger partial charge in [0.05, 0.1) is 0 Å². The minimum absolute atomic E-state index is 0.747. The van der Waals surface area contributed by atoms with Crippen LogP contribution in [0.1, 0.15) is 6.42 Å². The lowest BCUT2D eigenvalue weighted by molar-refractivity contribution is 0.938. The van der Waals surface area contributed by atoms with Crippen molar-refractivity contribution in [2.45, 2.75) is 11.6 Å². The lowest BCUT2D eigenvalue weighted by Gasteiger charge is -1.91. The van der Waals surface area contributed by atoms with Gasteiger partial charge in [0.2, 0.25) is 0 Å². The summed E-state index contributed by atoms with van der Waals surface area (Å²) in [7, 11) is 0. The van der Waals surface area contributed by atoms with Crippen molar-refractivity contribution in [3.63, 3.8) is 0 Å². The highest BCUT2D eigenvalue weighted by Gasteiger charge is 1.94. The van der Waals surface area contributed by atoms with Crippen LogP contribution in [0.3, 0.4) is 0 Å². The Kier molecular flexibility index (Phi) is 3.71. The van der Waals surface area contributed by atoms with Crippen LogP contribution in [-0.2, 0) is 0 Å². The Bertz CT molecular complexity index is 163. The standard InChI is InChI=1S/C5H9N3S2/c6-2-1-3-9-5-7-4-10-8-5/h4H,1-3,6H2. The first-order chi connectivity index (χ1) is 4.93. The lowest BCUT2D eigenvalue weighted by atomic mass is 10.5. The number of nitrogens with zero attached hydrogens (tertiary/aromatic N) is 2. The summed E-state index contributed by atoms with van der Waals surface area (Å²) in [5, 5.41) is 0.874. The van der Waals surface area contributed by atoms with Crippen LogP contribution < -0.4 is 5.73 Å². The van der Waals surface area contributed by atoms with Crippen LogP contribution in [0.5, 0.6) is 0 Å². The van der Waals surface area contributed by atoms with Crippen molar-refractivity contribution >= 4 is 23.3 Å². The zero-order chi connectivity index (χ0) is 7.23. The van der Waals surface area contributed by atoms with Gasteiger partial charge in [0, 0.05) is 5.75 Å². The van der Waals surface area contributed by atoms with E-state index in [1.165, 1.54) is 11.5 Å². The maximum Gasteiger partial charge on any atom is 0.200 e. The third-order valence-corrected chi connectivity index (χ3v) is 2.46. The number of rotatable bonds is 4. The van der Waals surface area contributed by atoms with Crippen LogP contribution in [0, 0.1) is 0 Å². The molecule has 56 valence electrons. The molecule has 2 N–H and O–H groups in total. The molecule has 0 spiro atoms. The molecule has 0 aliphatic rings. The van der Waals surface area contributed by atoms with Crippen molar-refractivity contribution in [3.05, 3.63) is 5.51 Å². The van der Waals surface area contributed by atoms with Gasteiger partial charge >= 0.3 is 0 Å². The molecular formula is C5H9N3S2. The van der Waals surface area contributed by atoms with E-state index < -0.39 is 0 Å². The molecule has 0 atom stereocenters. The molecule has 0 aliphatic heterocycles. The predicted molar refractivity (Wildman–Crippen MR) is 44.3 cm³/mol.